The van der Waals surface area contributed by atoms with Gasteiger partial charge in [0.15, 0.2) is 0 Å². The molecule has 2 unspecified atom stereocenters. The lowest BCUT2D eigenvalue weighted by Gasteiger charge is -2.15. The number of carbonyl (C=O) groups is 2. The normalized spacial score (nSPS) is 23.1. The number of carboxylic acid groups (broad SMARTS) is 1. The molecule has 0 aromatic carbocycles. The van der Waals surface area contributed by atoms with Crippen LogP contribution in [-0.2, 0) is 0 Å². The second-order valence-corrected chi connectivity index (χ2v) is 4.08. The highest BCUT2D eigenvalue weighted by Gasteiger charge is 2.33. The van der Waals surface area contributed by atoms with Gasteiger partial charge in [-0.15, -0.1) is 0 Å². The Morgan fingerprint density at radius 2 is 1.89 bits per heavy atom. The first-order chi connectivity index (χ1) is 8.49. The summed E-state index contributed by atoms with van der Waals surface area (Å²) < 4.78 is 0. The van der Waals surface area contributed by atoms with E-state index in [9.17, 15) is 19.8 Å². The van der Waals surface area contributed by atoms with Crippen molar-refractivity contribution in [3.05, 3.63) is 29.6 Å². The number of amides is 1. The van der Waals surface area contributed by atoms with Crippen LogP contribution in [0.15, 0.2) is 18.3 Å². The molecule has 0 bridgehead atoms. The molecule has 18 heavy (non-hydrogen) atoms. The molecule has 1 aliphatic heterocycles. The molecule has 2 rings (SSSR count). The van der Waals surface area contributed by atoms with E-state index >= 15 is 0 Å². The molecule has 1 aromatic heterocycles. The van der Waals surface area contributed by atoms with Crippen LogP contribution in [0.25, 0.3) is 0 Å². The summed E-state index contributed by atoms with van der Waals surface area (Å²) in [4.78, 5) is 27.6. The first-order valence-electron chi connectivity index (χ1n) is 5.34. The van der Waals surface area contributed by atoms with Gasteiger partial charge in [-0.25, -0.2) is 9.78 Å². The molecule has 0 radical (unpaired) electrons. The van der Waals surface area contributed by atoms with Gasteiger partial charge in [-0.3, -0.25) is 4.79 Å². The topological polar surface area (TPSA) is 111 Å². The summed E-state index contributed by atoms with van der Waals surface area (Å²) in [5, 5.41) is 27.5. The molecule has 1 amide bonds. The van der Waals surface area contributed by atoms with Gasteiger partial charge in [0.05, 0.1) is 12.2 Å². The number of nitrogens with zero attached hydrogens (tertiary/aromatic N) is 2. The Morgan fingerprint density at radius 1 is 1.28 bits per heavy atom. The van der Waals surface area contributed by atoms with E-state index in [0.29, 0.717) is 0 Å². The molecule has 3 N–H and O–H groups in total. The number of likely N-dealkylation sites (tertiary alicyclic amines) is 1. The molecule has 2 heterocycles. The van der Waals surface area contributed by atoms with Crippen molar-refractivity contribution < 1.29 is 24.9 Å². The van der Waals surface area contributed by atoms with E-state index in [1.165, 1.54) is 23.2 Å². The number of hydrogen-bond acceptors (Lipinski definition) is 5. The summed E-state index contributed by atoms with van der Waals surface area (Å²) in [7, 11) is 0. The van der Waals surface area contributed by atoms with Gasteiger partial charge in [0.2, 0.25) is 0 Å². The number of aromatic nitrogens is 1. The van der Waals surface area contributed by atoms with E-state index in [1.54, 1.807) is 0 Å². The van der Waals surface area contributed by atoms with E-state index < -0.39 is 24.1 Å². The number of carboxylic acids is 1. The summed E-state index contributed by atoms with van der Waals surface area (Å²) >= 11 is 0. The number of aromatic carboxylic acids is 1. The number of β-amino-alcohol motifs (C(OH)–C–C–N with tert-alkyl or cyclic N) is 2. The molecule has 7 heteroatoms. The fourth-order valence-corrected chi connectivity index (χ4v) is 1.80. The van der Waals surface area contributed by atoms with Gasteiger partial charge in [0.1, 0.15) is 5.69 Å². The van der Waals surface area contributed by atoms with Crippen molar-refractivity contribution in [2.24, 2.45) is 0 Å². The Hall–Kier alpha value is -1.99. The van der Waals surface area contributed by atoms with E-state index in [2.05, 4.69) is 4.98 Å². The summed E-state index contributed by atoms with van der Waals surface area (Å²) in [6.45, 7) is 0.0649. The van der Waals surface area contributed by atoms with Gasteiger partial charge in [0, 0.05) is 24.8 Å². The number of aliphatic hydroxyl groups excluding tert-OH is 2. The van der Waals surface area contributed by atoms with E-state index in [0.717, 1.165) is 0 Å². The average molecular weight is 252 g/mol. The molecule has 0 saturated carbocycles. The quantitative estimate of drug-likeness (QED) is 0.620. The molecule has 7 nitrogen and oxygen atoms in total. The lowest BCUT2D eigenvalue weighted by Crippen LogP contribution is -2.30. The zero-order chi connectivity index (χ0) is 13.3. The van der Waals surface area contributed by atoms with Crippen LogP contribution in [0.1, 0.15) is 20.8 Å². The van der Waals surface area contributed by atoms with E-state index in [-0.39, 0.29) is 24.3 Å². The maximum absolute atomic E-state index is 12.0. The molecule has 96 valence electrons. The van der Waals surface area contributed by atoms with Crippen LogP contribution >= 0.6 is 0 Å². The SMILES string of the molecule is O=C(O)c1cc(C(=O)N2CC(O)C(O)C2)ccn1. The van der Waals surface area contributed by atoms with Gasteiger partial charge >= 0.3 is 5.97 Å². The van der Waals surface area contributed by atoms with Crippen molar-refractivity contribution in [3.8, 4) is 0 Å². The van der Waals surface area contributed by atoms with Crippen molar-refractivity contribution in [3.63, 3.8) is 0 Å². The third-order valence-electron chi connectivity index (χ3n) is 2.77. The summed E-state index contributed by atoms with van der Waals surface area (Å²) in [6.07, 6.45) is -0.691. The lowest BCUT2D eigenvalue weighted by atomic mass is 10.2. The average Bonchev–Trinajstić information content (AvgIpc) is 2.69. The van der Waals surface area contributed by atoms with Gasteiger partial charge in [-0.2, -0.15) is 0 Å². The fourth-order valence-electron chi connectivity index (χ4n) is 1.80. The molecular weight excluding hydrogens is 240 g/mol. The van der Waals surface area contributed by atoms with Crippen molar-refractivity contribution in [1.29, 1.82) is 0 Å². The van der Waals surface area contributed by atoms with Crippen LogP contribution in [0.2, 0.25) is 0 Å². The van der Waals surface area contributed by atoms with Gasteiger partial charge < -0.3 is 20.2 Å². The van der Waals surface area contributed by atoms with Crippen LogP contribution in [-0.4, -0.2) is 62.4 Å². The van der Waals surface area contributed by atoms with Crippen molar-refractivity contribution in [2.75, 3.05) is 13.1 Å². The van der Waals surface area contributed by atoms with Crippen molar-refractivity contribution in [2.45, 2.75) is 12.2 Å². The highest BCUT2D eigenvalue weighted by molar-refractivity contribution is 5.96. The molecule has 0 spiro atoms. The lowest BCUT2D eigenvalue weighted by molar-refractivity contribution is 0.0572. The highest BCUT2D eigenvalue weighted by Crippen LogP contribution is 2.14. The van der Waals surface area contributed by atoms with Gasteiger partial charge in [-0.05, 0) is 12.1 Å². The van der Waals surface area contributed by atoms with E-state index in [1.807, 2.05) is 0 Å². The predicted octanol–water partition coefficient (Wildman–Crippen LogP) is -1.04. The Balaban J connectivity index is 2.19. The Kier molecular flexibility index (Phi) is 3.26. The summed E-state index contributed by atoms with van der Waals surface area (Å²) in [5.74, 6) is -1.65. The first kappa shape index (κ1) is 12.5. The minimum atomic E-state index is -1.22. The zero-order valence-corrected chi connectivity index (χ0v) is 9.35. The second-order valence-electron chi connectivity index (χ2n) is 4.08. The van der Waals surface area contributed by atoms with Crippen LogP contribution < -0.4 is 0 Å². The smallest absolute Gasteiger partial charge is 0.354 e. The maximum atomic E-state index is 12.0. The molecule has 2 atom stereocenters. The molecule has 1 aromatic rings. The third kappa shape index (κ3) is 2.31. The molecule has 1 saturated heterocycles. The highest BCUT2D eigenvalue weighted by atomic mass is 16.4. The van der Waals surface area contributed by atoms with Crippen LogP contribution in [0, 0.1) is 0 Å². The molecule has 1 aliphatic rings. The predicted molar refractivity (Wildman–Crippen MR) is 59.1 cm³/mol. The number of rotatable bonds is 2. The third-order valence-corrected chi connectivity index (χ3v) is 2.77. The van der Waals surface area contributed by atoms with Gasteiger partial charge in [-0.1, -0.05) is 0 Å². The molecule has 1 fully saturated rings. The number of hydrogen-bond donors (Lipinski definition) is 3. The van der Waals surface area contributed by atoms with Crippen LogP contribution in [0.5, 0.6) is 0 Å². The largest absolute Gasteiger partial charge is 0.477 e. The number of aliphatic hydroxyl groups is 2. The second kappa shape index (κ2) is 4.71. The number of pyridine rings is 1. The Bertz CT molecular complexity index is 480. The van der Waals surface area contributed by atoms with Gasteiger partial charge in [0.25, 0.3) is 5.91 Å². The van der Waals surface area contributed by atoms with Crippen molar-refractivity contribution in [1.82, 2.24) is 9.88 Å². The summed E-state index contributed by atoms with van der Waals surface area (Å²) in [6, 6.07) is 2.56. The van der Waals surface area contributed by atoms with Crippen molar-refractivity contribution >= 4 is 11.9 Å². The first-order valence-corrected chi connectivity index (χ1v) is 5.34. The fraction of sp³-hybridized carbons (Fsp3) is 0.364. The van der Waals surface area contributed by atoms with Crippen LogP contribution in [0.4, 0.5) is 0 Å². The number of carbonyl (C=O) groups excluding carboxylic acids is 1. The Labute approximate surface area is 102 Å². The maximum Gasteiger partial charge on any atom is 0.354 e. The van der Waals surface area contributed by atoms with Crippen LogP contribution in [0.3, 0.4) is 0 Å². The zero-order valence-electron chi connectivity index (χ0n) is 9.35. The minimum absolute atomic E-state index is 0.0325. The monoisotopic (exact) mass is 252 g/mol. The standard InChI is InChI=1S/C11H12N2O5/c14-8-4-13(5-9(8)15)10(16)6-1-2-12-7(3-6)11(17)18/h1-3,8-9,14-15H,4-5H2,(H,17,18). The Morgan fingerprint density at radius 3 is 2.44 bits per heavy atom. The molecular formula is C11H12N2O5. The summed E-state index contributed by atoms with van der Waals surface area (Å²) in [5.41, 5.74) is -0.0511. The van der Waals surface area contributed by atoms with E-state index in [4.69, 9.17) is 5.11 Å². The minimum Gasteiger partial charge on any atom is -0.477 e. The molecule has 0 aliphatic carbocycles.